The molecule has 1 N–H and O–H groups in total. The molecule has 3 rings (SSSR count). The second kappa shape index (κ2) is 4.69. The van der Waals surface area contributed by atoms with Crippen LogP contribution in [0.25, 0.3) is 22.3 Å². The summed E-state index contributed by atoms with van der Waals surface area (Å²) in [5, 5.41) is 13.1. The van der Waals surface area contributed by atoms with Gasteiger partial charge in [0.25, 0.3) is 0 Å². The first kappa shape index (κ1) is 12.2. The third-order valence-electron chi connectivity index (χ3n) is 2.79. The monoisotopic (exact) mass is 272 g/mol. The number of carboxylic acid groups (broad SMARTS) is 1. The Hall–Kier alpha value is -2.83. The molecule has 2 aromatic heterocycles. The Kier molecular flexibility index (Phi) is 2.86. The van der Waals surface area contributed by atoms with Crippen molar-refractivity contribution >= 4 is 16.9 Å². The molecule has 3 aromatic rings. The summed E-state index contributed by atoms with van der Waals surface area (Å²) in [5.74, 6) is -1.07. The molecule has 0 atom stereocenters. The van der Waals surface area contributed by atoms with E-state index >= 15 is 0 Å². The van der Waals surface area contributed by atoms with Crippen LogP contribution in [0.15, 0.2) is 36.8 Å². The number of aliphatic carboxylic acids is 1. The topological polar surface area (TPSA) is 80.9 Å². The number of halogens is 1. The maximum absolute atomic E-state index is 13.7. The van der Waals surface area contributed by atoms with Gasteiger partial charge in [0, 0.05) is 17.1 Å². The number of carbonyl (C=O) groups is 1. The Morgan fingerprint density at radius 2 is 2.15 bits per heavy atom. The second-order valence-electron chi connectivity index (χ2n) is 4.15. The maximum Gasteiger partial charge on any atom is 0.325 e. The zero-order chi connectivity index (χ0) is 14.1. The molecular weight excluding hydrogens is 263 g/mol. The molecule has 0 spiro atoms. The van der Waals surface area contributed by atoms with Crippen LogP contribution in [0.1, 0.15) is 0 Å². The van der Waals surface area contributed by atoms with E-state index in [1.807, 2.05) is 0 Å². The third-order valence-corrected chi connectivity index (χ3v) is 2.79. The fraction of sp³-hybridized carbons (Fsp3) is 0.0769. The lowest BCUT2D eigenvalue weighted by Crippen LogP contribution is -2.08. The lowest BCUT2D eigenvalue weighted by Gasteiger charge is -2.03. The van der Waals surface area contributed by atoms with Gasteiger partial charge < -0.3 is 5.11 Å². The molecule has 0 aliphatic rings. The van der Waals surface area contributed by atoms with Crippen molar-refractivity contribution in [3.63, 3.8) is 0 Å². The van der Waals surface area contributed by atoms with E-state index in [1.54, 1.807) is 18.3 Å². The fourth-order valence-electron chi connectivity index (χ4n) is 1.95. The summed E-state index contributed by atoms with van der Waals surface area (Å²) in [6.45, 7) is -0.278. The number of carboxylic acids is 1. The molecule has 7 heteroatoms. The standard InChI is InChI=1S/C13H9FN4O2/c14-10-4-3-9(12-8(10)2-1-5-15-12)13-16-7-18(17-13)6-11(19)20/h1-5,7H,6H2,(H,19,20). The van der Waals surface area contributed by atoms with E-state index in [2.05, 4.69) is 15.1 Å². The Labute approximate surface area is 112 Å². The van der Waals surface area contributed by atoms with Crippen molar-refractivity contribution in [1.82, 2.24) is 19.7 Å². The van der Waals surface area contributed by atoms with Gasteiger partial charge in [0.1, 0.15) is 18.7 Å². The summed E-state index contributed by atoms with van der Waals surface area (Å²) in [7, 11) is 0. The van der Waals surface area contributed by atoms with Crippen LogP contribution in [-0.4, -0.2) is 30.8 Å². The van der Waals surface area contributed by atoms with Gasteiger partial charge in [0.05, 0.1) is 5.52 Å². The lowest BCUT2D eigenvalue weighted by atomic mass is 10.1. The van der Waals surface area contributed by atoms with Crippen molar-refractivity contribution in [2.75, 3.05) is 0 Å². The van der Waals surface area contributed by atoms with E-state index in [9.17, 15) is 9.18 Å². The highest BCUT2D eigenvalue weighted by Crippen LogP contribution is 2.26. The molecule has 0 aliphatic carbocycles. The SMILES string of the molecule is O=C(O)Cn1cnc(-c2ccc(F)c3cccnc23)n1. The van der Waals surface area contributed by atoms with Crippen molar-refractivity contribution in [3.05, 3.63) is 42.6 Å². The van der Waals surface area contributed by atoms with Crippen LogP contribution in [0.4, 0.5) is 4.39 Å². The van der Waals surface area contributed by atoms with E-state index in [-0.39, 0.29) is 12.4 Å². The highest BCUT2D eigenvalue weighted by molar-refractivity contribution is 5.91. The van der Waals surface area contributed by atoms with Crippen LogP contribution in [0, 0.1) is 5.82 Å². The van der Waals surface area contributed by atoms with Crippen LogP contribution < -0.4 is 0 Å². The smallest absolute Gasteiger partial charge is 0.325 e. The number of hydrogen-bond acceptors (Lipinski definition) is 4. The van der Waals surface area contributed by atoms with Gasteiger partial charge >= 0.3 is 5.97 Å². The van der Waals surface area contributed by atoms with Gasteiger partial charge in [-0.2, -0.15) is 5.10 Å². The normalized spacial score (nSPS) is 10.8. The Balaban J connectivity index is 2.13. The van der Waals surface area contributed by atoms with Crippen LogP contribution in [0.2, 0.25) is 0 Å². The van der Waals surface area contributed by atoms with Crippen molar-refractivity contribution in [3.8, 4) is 11.4 Å². The summed E-state index contributed by atoms with van der Waals surface area (Å²) in [4.78, 5) is 18.8. The average Bonchev–Trinajstić information content (AvgIpc) is 2.87. The first-order chi connectivity index (χ1) is 9.65. The van der Waals surface area contributed by atoms with Gasteiger partial charge in [-0.15, -0.1) is 0 Å². The number of aromatic nitrogens is 4. The zero-order valence-corrected chi connectivity index (χ0v) is 10.2. The summed E-state index contributed by atoms with van der Waals surface area (Å²) in [5.41, 5.74) is 1.01. The van der Waals surface area contributed by atoms with Gasteiger partial charge in [0.15, 0.2) is 5.82 Å². The highest BCUT2D eigenvalue weighted by atomic mass is 19.1. The number of rotatable bonds is 3. The van der Waals surface area contributed by atoms with Crippen LogP contribution in [-0.2, 0) is 11.3 Å². The molecule has 0 fully saturated rings. The number of nitrogens with zero attached hydrogens (tertiary/aromatic N) is 4. The molecule has 0 unspecified atom stereocenters. The minimum atomic E-state index is -1.01. The molecule has 2 heterocycles. The molecule has 1 aromatic carbocycles. The molecule has 0 saturated heterocycles. The summed E-state index contributed by atoms with van der Waals surface area (Å²) >= 11 is 0. The average molecular weight is 272 g/mol. The second-order valence-corrected chi connectivity index (χ2v) is 4.15. The minimum absolute atomic E-state index is 0.278. The van der Waals surface area contributed by atoms with Gasteiger partial charge in [0.2, 0.25) is 0 Å². The maximum atomic E-state index is 13.7. The molecule has 6 nitrogen and oxygen atoms in total. The zero-order valence-electron chi connectivity index (χ0n) is 10.2. The number of hydrogen-bond donors (Lipinski definition) is 1. The summed E-state index contributed by atoms with van der Waals surface area (Å²) < 4.78 is 14.9. The van der Waals surface area contributed by atoms with E-state index in [1.165, 1.54) is 23.1 Å². The highest BCUT2D eigenvalue weighted by Gasteiger charge is 2.12. The number of pyridine rings is 1. The van der Waals surface area contributed by atoms with E-state index in [4.69, 9.17) is 5.11 Å². The van der Waals surface area contributed by atoms with Crippen LogP contribution >= 0.6 is 0 Å². The third kappa shape index (κ3) is 2.09. The molecule has 0 bridgehead atoms. The predicted octanol–water partition coefficient (Wildman–Crippen LogP) is 1.72. The lowest BCUT2D eigenvalue weighted by molar-refractivity contribution is -0.137. The number of benzene rings is 1. The van der Waals surface area contributed by atoms with Gasteiger partial charge in [-0.1, -0.05) is 0 Å². The first-order valence-corrected chi connectivity index (χ1v) is 5.80. The van der Waals surface area contributed by atoms with Crippen molar-refractivity contribution in [2.24, 2.45) is 0 Å². The molecular formula is C13H9FN4O2. The first-order valence-electron chi connectivity index (χ1n) is 5.80. The fourth-order valence-corrected chi connectivity index (χ4v) is 1.95. The van der Waals surface area contributed by atoms with Gasteiger partial charge in [-0.05, 0) is 24.3 Å². The molecule has 0 aliphatic heterocycles. The predicted molar refractivity (Wildman–Crippen MR) is 68.4 cm³/mol. The van der Waals surface area contributed by atoms with Gasteiger partial charge in [-0.3, -0.25) is 9.78 Å². The molecule has 0 saturated carbocycles. The quantitative estimate of drug-likeness (QED) is 0.785. The largest absolute Gasteiger partial charge is 0.480 e. The van der Waals surface area contributed by atoms with Crippen molar-refractivity contribution in [1.29, 1.82) is 0 Å². The molecule has 0 radical (unpaired) electrons. The Bertz CT molecular complexity index is 800. The molecule has 0 amide bonds. The van der Waals surface area contributed by atoms with Crippen LogP contribution in [0.5, 0.6) is 0 Å². The minimum Gasteiger partial charge on any atom is -0.480 e. The van der Waals surface area contributed by atoms with Crippen molar-refractivity contribution < 1.29 is 14.3 Å². The molecule has 100 valence electrons. The van der Waals surface area contributed by atoms with Crippen LogP contribution in [0.3, 0.4) is 0 Å². The Morgan fingerprint density at radius 1 is 1.30 bits per heavy atom. The van der Waals surface area contributed by atoms with E-state index in [0.717, 1.165) is 0 Å². The Morgan fingerprint density at radius 3 is 2.95 bits per heavy atom. The number of fused-ring (bicyclic) bond motifs is 1. The van der Waals surface area contributed by atoms with E-state index in [0.29, 0.717) is 22.3 Å². The van der Waals surface area contributed by atoms with Gasteiger partial charge in [-0.25, -0.2) is 14.1 Å². The van der Waals surface area contributed by atoms with Crippen molar-refractivity contribution in [2.45, 2.75) is 6.54 Å². The summed E-state index contributed by atoms with van der Waals surface area (Å²) in [6.07, 6.45) is 2.88. The molecule has 20 heavy (non-hydrogen) atoms. The summed E-state index contributed by atoms with van der Waals surface area (Å²) in [6, 6.07) is 6.11. The van der Waals surface area contributed by atoms with E-state index < -0.39 is 5.97 Å².